The Balaban J connectivity index is 1.45. The fraction of sp³-hybridized carbons (Fsp3) is 0.625. The Hall–Kier alpha value is -0.900. The van der Waals surface area contributed by atoms with Crippen molar-refractivity contribution in [2.75, 3.05) is 26.2 Å². The van der Waals surface area contributed by atoms with Gasteiger partial charge in [0.2, 0.25) is 0 Å². The van der Waals surface area contributed by atoms with Crippen LogP contribution in [-0.4, -0.2) is 42.0 Å². The predicted molar refractivity (Wildman–Crippen MR) is 76.9 cm³/mol. The number of hydrogen-bond acceptors (Lipinski definition) is 3. The molecule has 1 saturated carbocycles. The van der Waals surface area contributed by atoms with Gasteiger partial charge in [-0.3, -0.25) is 9.80 Å². The molecule has 3 nitrogen and oxygen atoms in total. The van der Waals surface area contributed by atoms with Gasteiger partial charge in [-0.15, -0.1) is 0 Å². The van der Waals surface area contributed by atoms with Gasteiger partial charge in [0.25, 0.3) is 0 Å². The van der Waals surface area contributed by atoms with Crippen molar-refractivity contribution >= 4 is 0 Å². The van der Waals surface area contributed by atoms with E-state index < -0.39 is 0 Å². The van der Waals surface area contributed by atoms with Gasteiger partial charge in [-0.25, -0.2) is 0 Å². The number of hydrogen-bond donors (Lipinski definition) is 1. The average Bonchev–Trinajstić information content (AvgIpc) is 3.20. The quantitative estimate of drug-likeness (QED) is 0.887. The highest BCUT2D eigenvalue weighted by Crippen LogP contribution is 2.34. The number of fused-ring (bicyclic) bond motifs is 1. The van der Waals surface area contributed by atoms with Crippen LogP contribution in [0.25, 0.3) is 0 Å². The summed E-state index contributed by atoms with van der Waals surface area (Å²) < 4.78 is 0. The van der Waals surface area contributed by atoms with E-state index in [-0.39, 0.29) is 0 Å². The van der Waals surface area contributed by atoms with E-state index in [9.17, 15) is 0 Å². The molecule has 1 aromatic carbocycles. The van der Waals surface area contributed by atoms with Crippen LogP contribution >= 0.6 is 0 Å². The van der Waals surface area contributed by atoms with Crippen LogP contribution in [0.3, 0.4) is 0 Å². The summed E-state index contributed by atoms with van der Waals surface area (Å²) in [4.78, 5) is 5.21. The SMILES string of the molecule is c1cc2c(cc1CN1CCNCC1)CN(C1CC1)C2. The van der Waals surface area contributed by atoms with Crippen molar-refractivity contribution in [3.63, 3.8) is 0 Å². The Labute approximate surface area is 115 Å². The number of nitrogens with zero attached hydrogens (tertiary/aromatic N) is 2. The molecule has 0 spiro atoms. The molecule has 1 aliphatic carbocycles. The summed E-state index contributed by atoms with van der Waals surface area (Å²) in [6, 6.07) is 8.07. The number of benzene rings is 1. The third-order valence-corrected chi connectivity index (χ3v) is 4.70. The van der Waals surface area contributed by atoms with Crippen molar-refractivity contribution < 1.29 is 0 Å². The standard InChI is InChI=1S/C16H23N3/c1-2-14-11-19(16-3-4-16)12-15(14)9-13(1)10-18-7-5-17-6-8-18/h1-2,9,16-17H,3-8,10-12H2. The van der Waals surface area contributed by atoms with Gasteiger partial charge >= 0.3 is 0 Å². The van der Waals surface area contributed by atoms with Crippen molar-refractivity contribution in [3.8, 4) is 0 Å². The van der Waals surface area contributed by atoms with Gasteiger partial charge in [0.1, 0.15) is 0 Å². The predicted octanol–water partition coefficient (Wildman–Crippen LogP) is 1.57. The Morgan fingerprint density at radius 2 is 1.84 bits per heavy atom. The zero-order valence-corrected chi connectivity index (χ0v) is 11.6. The molecule has 0 radical (unpaired) electrons. The summed E-state index contributed by atoms with van der Waals surface area (Å²) in [7, 11) is 0. The van der Waals surface area contributed by atoms with Crippen molar-refractivity contribution in [2.45, 2.75) is 38.5 Å². The van der Waals surface area contributed by atoms with Gasteiger partial charge in [-0.1, -0.05) is 18.2 Å². The molecule has 2 fully saturated rings. The van der Waals surface area contributed by atoms with Crippen molar-refractivity contribution in [2.24, 2.45) is 0 Å². The molecule has 3 heteroatoms. The van der Waals surface area contributed by atoms with Crippen molar-refractivity contribution in [1.82, 2.24) is 15.1 Å². The number of piperazine rings is 1. The van der Waals surface area contributed by atoms with Gasteiger partial charge in [-0.2, -0.15) is 0 Å². The Morgan fingerprint density at radius 1 is 1.05 bits per heavy atom. The fourth-order valence-corrected chi connectivity index (χ4v) is 3.40. The first-order valence-corrected chi connectivity index (χ1v) is 7.66. The second-order valence-corrected chi connectivity index (χ2v) is 6.27. The Bertz CT molecular complexity index is 461. The first-order valence-electron chi connectivity index (χ1n) is 7.66. The summed E-state index contributed by atoms with van der Waals surface area (Å²) in [6.07, 6.45) is 2.84. The molecule has 1 saturated heterocycles. The van der Waals surface area contributed by atoms with Gasteiger partial charge in [-0.05, 0) is 29.5 Å². The molecule has 1 N–H and O–H groups in total. The van der Waals surface area contributed by atoms with E-state index in [0.717, 1.165) is 25.7 Å². The maximum atomic E-state index is 3.42. The molecule has 2 heterocycles. The molecule has 0 unspecified atom stereocenters. The van der Waals surface area contributed by atoms with E-state index in [1.165, 1.54) is 44.6 Å². The molecule has 0 atom stereocenters. The zero-order valence-electron chi connectivity index (χ0n) is 11.6. The highest BCUT2D eigenvalue weighted by Gasteiger charge is 2.32. The molecule has 4 rings (SSSR count). The van der Waals surface area contributed by atoms with E-state index in [4.69, 9.17) is 0 Å². The maximum Gasteiger partial charge on any atom is 0.0243 e. The molecule has 19 heavy (non-hydrogen) atoms. The van der Waals surface area contributed by atoms with Crippen molar-refractivity contribution in [3.05, 3.63) is 34.9 Å². The molecule has 1 aromatic rings. The smallest absolute Gasteiger partial charge is 0.0243 e. The average molecular weight is 257 g/mol. The van der Waals surface area contributed by atoms with Crippen LogP contribution in [0, 0.1) is 0 Å². The first kappa shape index (κ1) is 11.9. The second-order valence-electron chi connectivity index (χ2n) is 6.27. The highest BCUT2D eigenvalue weighted by atomic mass is 15.2. The second kappa shape index (κ2) is 4.89. The molecular formula is C16H23N3. The number of nitrogens with one attached hydrogen (secondary N) is 1. The molecule has 0 aromatic heterocycles. The Morgan fingerprint density at radius 3 is 2.63 bits per heavy atom. The normalized spacial score (nSPS) is 24.6. The minimum Gasteiger partial charge on any atom is -0.314 e. The van der Waals surface area contributed by atoms with Gasteiger partial charge < -0.3 is 5.32 Å². The van der Waals surface area contributed by atoms with E-state index in [2.05, 4.69) is 33.3 Å². The highest BCUT2D eigenvalue weighted by molar-refractivity contribution is 5.35. The maximum absolute atomic E-state index is 3.42. The molecule has 2 aliphatic heterocycles. The van der Waals surface area contributed by atoms with Crippen LogP contribution in [0.2, 0.25) is 0 Å². The molecule has 0 amide bonds. The van der Waals surface area contributed by atoms with E-state index in [1.807, 2.05) is 0 Å². The monoisotopic (exact) mass is 257 g/mol. The minimum atomic E-state index is 0.893. The Kier molecular flexibility index (Phi) is 3.06. The number of rotatable bonds is 3. The fourth-order valence-electron chi connectivity index (χ4n) is 3.40. The summed E-state index contributed by atoms with van der Waals surface area (Å²) in [5.74, 6) is 0. The molecule has 3 aliphatic rings. The van der Waals surface area contributed by atoms with Gasteiger partial charge in [0.15, 0.2) is 0 Å². The van der Waals surface area contributed by atoms with Crippen LogP contribution in [0.5, 0.6) is 0 Å². The lowest BCUT2D eigenvalue weighted by atomic mass is 10.1. The molecule has 102 valence electrons. The third-order valence-electron chi connectivity index (χ3n) is 4.70. The van der Waals surface area contributed by atoms with Crippen LogP contribution < -0.4 is 5.32 Å². The van der Waals surface area contributed by atoms with Crippen molar-refractivity contribution in [1.29, 1.82) is 0 Å². The topological polar surface area (TPSA) is 18.5 Å². The molecule has 0 bridgehead atoms. The summed E-state index contributed by atoms with van der Waals surface area (Å²) in [6.45, 7) is 8.15. The summed E-state index contributed by atoms with van der Waals surface area (Å²) in [5.41, 5.74) is 4.65. The van der Waals surface area contributed by atoms with E-state index >= 15 is 0 Å². The van der Waals surface area contributed by atoms with Crippen LogP contribution in [-0.2, 0) is 19.6 Å². The lowest BCUT2D eigenvalue weighted by molar-refractivity contribution is 0.233. The van der Waals surface area contributed by atoms with Gasteiger partial charge in [0.05, 0.1) is 0 Å². The molecular weight excluding hydrogens is 234 g/mol. The lowest BCUT2D eigenvalue weighted by Crippen LogP contribution is -2.42. The van der Waals surface area contributed by atoms with Gasteiger partial charge in [0, 0.05) is 51.9 Å². The largest absolute Gasteiger partial charge is 0.314 e. The van der Waals surface area contributed by atoms with Crippen LogP contribution in [0.15, 0.2) is 18.2 Å². The summed E-state index contributed by atoms with van der Waals surface area (Å²) in [5, 5.41) is 3.42. The lowest BCUT2D eigenvalue weighted by Gasteiger charge is -2.27. The third kappa shape index (κ3) is 2.55. The van der Waals surface area contributed by atoms with Crippen LogP contribution in [0.4, 0.5) is 0 Å². The zero-order chi connectivity index (χ0) is 12.7. The minimum absolute atomic E-state index is 0.893. The van der Waals surface area contributed by atoms with E-state index in [0.29, 0.717) is 0 Å². The summed E-state index contributed by atoms with van der Waals surface area (Å²) >= 11 is 0. The van der Waals surface area contributed by atoms with Crippen LogP contribution in [0.1, 0.15) is 29.5 Å². The van der Waals surface area contributed by atoms with E-state index in [1.54, 1.807) is 11.1 Å². The first-order chi connectivity index (χ1) is 9.38.